The minimum absolute atomic E-state index is 0.119. The fourth-order valence-electron chi connectivity index (χ4n) is 0.759. The normalized spacial score (nSPS) is 9.42. The fraction of sp³-hybridized carbons (Fsp3) is 0. The molecule has 1 rings (SSSR count). The molecule has 0 fully saturated rings. The zero-order valence-electron chi connectivity index (χ0n) is 5.82. The number of carboxylic acid groups (broad SMARTS) is 1. The molecular formula is C7H4ClNO3. The van der Waals surface area contributed by atoms with Gasteiger partial charge in [-0.2, -0.15) is 0 Å². The summed E-state index contributed by atoms with van der Waals surface area (Å²) < 4.78 is 0. The molecule has 12 heavy (non-hydrogen) atoms. The van der Waals surface area contributed by atoms with Crippen LogP contribution in [0.15, 0.2) is 23.4 Å². The molecule has 0 unspecified atom stereocenters. The molecule has 0 amide bonds. The smallest absolute Gasteiger partial charge is 0.338 e. The highest BCUT2D eigenvalue weighted by atomic mass is 35.5. The van der Waals surface area contributed by atoms with E-state index in [1.54, 1.807) is 0 Å². The van der Waals surface area contributed by atoms with Crippen molar-refractivity contribution in [2.45, 2.75) is 0 Å². The van der Waals surface area contributed by atoms with Crippen LogP contribution in [0, 0.1) is 4.91 Å². The molecule has 0 atom stereocenters. The predicted octanol–water partition coefficient (Wildman–Crippen LogP) is 2.44. The van der Waals surface area contributed by atoms with Crippen molar-refractivity contribution < 1.29 is 9.90 Å². The topological polar surface area (TPSA) is 66.7 Å². The van der Waals surface area contributed by atoms with E-state index in [0.29, 0.717) is 0 Å². The molecule has 0 spiro atoms. The van der Waals surface area contributed by atoms with Gasteiger partial charge in [-0.1, -0.05) is 11.6 Å². The monoisotopic (exact) mass is 185 g/mol. The molecule has 0 radical (unpaired) electrons. The summed E-state index contributed by atoms with van der Waals surface area (Å²) in [4.78, 5) is 20.6. The third kappa shape index (κ3) is 1.60. The summed E-state index contributed by atoms with van der Waals surface area (Å²) in [5.74, 6) is -1.22. The van der Waals surface area contributed by atoms with Gasteiger partial charge in [-0.3, -0.25) is 0 Å². The Bertz CT molecular complexity index is 337. The van der Waals surface area contributed by atoms with Gasteiger partial charge in [0.15, 0.2) is 0 Å². The second-order valence-electron chi connectivity index (χ2n) is 2.06. The van der Waals surface area contributed by atoms with Gasteiger partial charge in [0.1, 0.15) is 5.69 Å². The molecule has 1 N–H and O–H groups in total. The van der Waals surface area contributed by atoms with Crippen molar-refractivity contribution >= 4 is 23.3 Å². The molecular weight excluding hydrogens is 182 g/mol. The van der Waals surface area contributed by atoms with Gasteiger partial charge >= 0.3 is 5.97 Å². The maximum atomic E-state index is 10.5. The first kappa shape index (κ1) is 8.67. The van der Waals surface area contributed by atoms with Crippen LogP contribution in [-0.2, 0) is 0 Å². The molecule has 62 valence electrons. The van der Waals surface area contributed by atoms with Crippen molar-refractivity contribution in [1.82, 2.24) is 0 Å². The molecule has 5 heteroatoms. The van der Waals surface area contributed by atoms with Crippen LogP contribution in [0.25, 0.3) is 0 Å². The summed E-state index contributed by atoms with van der Waals surface area (Å²) in [6.45, 7) is 0. The van der Waals surface area contributed by atoms with Crippen molar-refractivity contribution in [2.75, 3.05) is 0 Å². The number of carboxylic acids is 1. The van der Waals surface area contributed by atoms with Crippen molar-refractivity contribution in [3.05, 3.63) is 33.7 Å². The van der Waals surface area contributed by atoms with Crippen molar-refractivity contribution in [3.8, 4) is 0 Å². The molecule has 0 saturated heterocycles. The second kappa shape index (κ2) is 3.32. The van der Waals surface area contributed by atoms with Crippen LogP contribution in [0.3, 0.4) is 0 Å². The van der Waals surface area contributed by atoms with E-state index in [1.165, 1.54) is 18.2 Å². The number of carbonyl (C=O) groups is 1. The Labute approximate surface area is 72.8 Å². The van der Waals surface area contributed by atoms with Gasteiger partial charge in [-0.15, -0.1) is 4.91 Å². The van der Waals surface area contributed by atoms with Gasteiger partial charge in [0, 0.05) is 5.02 Å². The summed E-state index contributed by atoms with van der Waals surface area (Å²) in [5, 5.41) is 11.4. The standard InChI is InChI=1S/C7H4ClNO3/c8-4-1-2-6(9-12)5(3-4)7(10)11/h1-3H,(H,10,11). The lowest BCUT2D eigenvalue weighted by Crippen LogP contribution is -1.95. The quantitative estimate of drug-likeness (QED) is 0.720. The maximum absolute atomic E-state index is 10.5. The van der Waals surface area contributed by atoms with E-state index in [4.69, 9.17) is 16.7 Å². The zero-order valence-corrected chi connectivity index (χ0v) is 6.58. The van der Waals surface area contributed by atoms with Gasteiger partial charge in [0.25, 0.3) is 0 Å². The average molecular weight is 186 g/mol. The number of rotatable bonds is 2. The van der Waals surface area contributed by atoms with Gasteiger partial charge in [0.05, 0.1) is 5.56 Å². The summed E-state index contributed by atoms with van der Waals surface area (Å²) in [7, 11) is 0. The van der Waals surface area contributed by atoms with Gasteiger partial charge in [0.2, 0.25) is 0 Å². The molecule has 1 aromatic rings. The van der Waals surface area contributed by atoms with Crippen molar-refractivity contribution in [1.29, 1.82) is 0 Å². The Balaban J connectivity index is 3.30. The Morgan fingerprint density at radius 3 is 2.67 bits per heavy atom. The van der Waals surface area contributed by atoms with Crippen LogP contribution in [0.5, 0.6) is 0 Å². The first-order chi connectivity index (χ1) is 5.65. The van der Waals surface area contributed by atoms with E-state index in [-0.39, 0.29) is 16.3 Å². The molecule has 0 aromatic heterocycles. The molecule has 0 aliphatic heterocycles. The number of aromatic carboxylic acids is 1. The molecule has 0 saturated carbocycles. The van der Waals surface area contributed by atoms with E-state index < -0.39 is 5.97 Å². The zero-order chi connectivity index (χ0) is 9.14. The third-order valence-electron chi connectivity index (χ3n) is 1.29. The van der Waals surface area contributed by atoms with Gasteiger partial charge in [-0.25, -0.2) is 4.79 Å². The maximum Gasteiger partial charge on any atom is 0.338 e. The lowest BCUT2D eigenvalue weighted by molar-refractivity contribution is 0.0698. The minimum atomic E-state index is -1.22. The largest absolute Gasteiger partial charge is 0.478 e. The third-order valence-corrected chi connectivity index (χ3v) is 1.52. The molecule has 0 aliphatic rings. The highest BCUT2D eigenvalue weighted by molar-refractivity contribution is 6.31. The predicted molar refractivity (Wildman–Crippen MR) is 43.9 cm³/mol. The van der Waals surface area contributed by atoms with Crippen LogP contribution in [-0.4, -0.2) is 11.1 Å². The van der Waals surface area contributed by atoms with E-state index in [9.17, 15) is 9.70 Å². The summed E-state index contributed by atoms with van der Waals surface area (Å²) in [6.07, 6.45) is 0. The van der Waals surface area contributed by atoms with Crippen LogP contribution in [0.2, 0.25) is 5.02 Å². The van der Waals surface area contributed by atoms with Gasteiger partial charge < -0.3 is 5.11 Å². The minimum Gasteiger partial charge on any atom is -0.478 e. The summed E-state index contributed by atoms with van der Waals surface area (Å²) in [5.41, 5.74) is -0.301. The van der Waals surface area contributed by atoms with E-state index in [0.717, 1.165) is 0 Å². The van der Waals surface area contributed by atoms with Crippen molar-refractivity contribution in [2.24, 2.45) is 5.18 Å². The van der Waals surface area contributed by atoms with Crippen molar-refractivity contribution in [3.63, 3.8) is 0 Å². The van der Waals surface area contributed by atoms with E-state index in [2.05, 4.69) is 5.18 Å². The Hall–Kier alpha value is -1.42. The molecule has 0 bridgehead atoms. The second-order valence-corrected chi connectivity index (χ2v) is 2.49. The fourth-order valence-corrected chi connectivity index (χ4v) is 0.931. The van der Waals surface area contributed by atoms with E-state index in [1.807, 2.05) is 0 Å². The first-order valence-corrected chi connectivity index (χ1v) is 3.39. The number of hydrogen-bond acceptors (Lipinski definition) is 3. The molecule has 0 heterocycles. The SMILES string of the molecule is O=Nc1ccc(Cl)cc1C(=O)O. The van der Waals surface area contributed by atoms with Crippen LogP contribution < -0.4 is 0 Å². The summed E-state index contributed by atoms with van der Waals surface area (Å²) >= 11 is 5.51. The number of nitroso groups, excluding NO2 is 1. The highest BCUT2D eigenvalue weighted by Crippen LogP contribution is 2.22. The molecule has 0 aliphatic carbocycles. The van der Waals surface area contributed by atoms with Crippen LogP contribution in [0.4, 0.5) is 5.69 Å². The first-order valence-electron chi connectivity index (χ1n) is 3.01. The summed E-state index contributed by atoms with van der Waals surface area (Å²) in [6, 6.07) is 3.85. The Morgan fingerprint density at radius 2 is 2.17 bits per heavy atom. The lowest BCUT2D eigenvalue weighted by atomic mass is 10.2. The van der Waals surface area contributed by atoms with Crippen LogP contribution in [0.1, 0.15) is 10.4 Å². The van der Waals surface area contributed by atoms with E-state index >= 15 is 0 Å². The number of halogens is 1. The molecule has 1 aromatic carbocycles. The lowest BCUT2D eigenvalue weighted by Gasteiger charge is -1.96. The average Bonchev–Trinajstić information content (AvgIpc) is 2.04. The Kier molecular flexibility index (Phi) is 2.40. The Morgan fingerprint density at radius 1 is 1.50 bits per heavy atom. The van der Waals surface area contributed by atoms with Gasteiger partial charge in [-0.05, 0) is 23.4 Å². The highest BCUT2D eigenvalue weighted by Gasteiger charge is 2.10. The molecule has 4 nitrogen and oxygen atoms in total. The number of hydrogen-bond donors (Lipinski definition) is 1. The number of benzene rings is 1. The van der Waals surface area contributed by atoms with Crippen LogP contribution >= 0.6 is 11.6 Å². The number of nitrogens with zero attached hydrogens (tertiary/aromatic N) is 1.